The summed E-state index contributed by atoms with van der Waals surface area (Å²) < 4.78 is 4.86. The number of carbonyl (C=O) groups is 1. The second-order valence-electron chi connectivity index (χ2n) is 4.16. The average Bonchev–Trinajstić information content (AvgIpc) is 2.25. The van der Waals surface area contributed by atoms with Crippen LogP contribution in [0.3, 0.4) is 0 Å². The fourth-order valence-electron chi connectivity index (χ4n) is 1.51. The van der Waals surface area contributed by atoms with Crippen LogP contribution in [0.2, 0.25) is 0 Å². The summed E-state index contributed by atoms with van der Waals surface area (Å²) in [5, 5.41) is 0. The minimum atomic E-state index is -0.166. The van der Waals surface area contributed by atoms with Crippen LogP contribution in [0.25, 0.3) is 0 Å². The summed E-state index contributed by atoms with van der Waals surface area (Å²) >= 11 is 0. The van der Waals surface area contributed by atoms with E-state index in [4.69, 9.17) is 4.74 Å². The van der Waals surface area contributed by atoms with E-state index in [-0.39, 0.29) is 5.97 Å². The van der Waals surface area contributed by atoms with Gasteiger partial charge in [-0.05, 0) is 25.7 Å². The molecule has 0 aromatic rings. The van der Waals surface area contributed by atoms with Crippen molar-refractivity contribution in [2.75, 3.05) is 6.61 Å². The molecule has 0 unspecified atom stereocenters. The van der Waals surface area contributed by atoms with Gasteiger partial charge in [0, 0.05) is 6.92 Å². The first-order valence-electron chi connectivity index (χ1n) is 6.55. The van der Waals surface area contributed by atoms with Gasteiger partial charge in [-0.25, -0.2) is 0 Å². The zero-order chi connectivity index (χ0) is 12.1. The molecule has 0 saturated heterocycles. The van der Waals surface area contributed by atoms with Crippen molar-refractivity contribution in [3.8, 4) is 0 Å². The molecule has 16 heavy (non-hydrogen) atoms. The third-order valence-electron chi connectivity index (χ3n) is 2.44. The Kier molecular flexibility index (Phi) is 11.7. The van der Waals surface area contributed by atoms with Crippen LogP contribution in [0.4, 0.5) is 0 Å². The van der Waals surface area contributed by atoms with E-state index in [0.717, 1.165) is 6.42 Å². The smallest absolute Gasteiger partial charge is 0.302 e. The Balaban J connectivity index is 3.01. The maximum absolute atomic E-state index is 10.5. The summed E-state index contributed by atoms with van der Waals surface area (Å²) in [5.74, 6) is -0.166. The second-order valence-corrected chi connectivity index (χ2v) is 4.16. The van der Waals surface area contributed by atoms with Gasteiger partial charge in [0.25, 0.3) is 0 Å². The lowest BCUT2D eigenvalue weighted by molar-refractivity contribution is -0.141. The van der Waals surface area contributed by atoms with Gasteiger partial charge in [-0.15, -0.1) is 0 Å². The van der Waals surface area contributed by atoms with Crippen LogP contribution in [0.1, 0.15) is 65.2 Å². The highest BCUT2D eigenvalue weighted by molar-refractivity contribution is 5.65. The van der Waals surface area contributed by atoms with E-state index in [0.29, 0.717) is 6.61 Å². The minimum Gasteiger partial charge on any atom is -0.466 e. The van der Waals surface area contributed by atoms with E-state index in [1.165, 1.54) is 51.9 Å². The molecule has 0 heterocycles. The Morgan fingerprint density at radius 1 is 1.00 bits per heavy atom. The van der Waals surface area contributed by atoms with Crippen molar-refractivity contribution in [1.82, 2.24) is 0 Å². The molecule has 0 saturated carbocycles. The van der Waals surface area contributed by atoms with Crippen LogP contribution in [0.5, 0.6) is 0 Å². The van der Waals surface area contributed by atoms with Crippen molar-refractivity contribution in [2.45, 2.75) is 65.2 Å². The molecule has 0 fully saturated rings. The number of hydrogen-bond acceptors (Lipinski definition) is 2. The molecule has 0 bridgehead atoms. The van der Waals surface area contributed by atoms with Crippen LogP contribution < -0.4 is 0 Å². The maximum Gasteiger partial charge on any atom is 0.302 e. The molecule has 0 spiro atoms. The second kappa shape index (κ2) is 12.3. The fourth-order valence-corrected chi connectivity index (χ4v) is 1.51. The lowest BCUT2D eigenvalue weighted by Crippen LogP contribution is -1.99. The number of carbonyl (C=O) groups excluding carboxylic acids is 1. The predicted octanol–water partition coefficient (Wildman–Crippen LogP) is 4.25. The quantitative estimate of drug-likeness (QED) is 0.316. The van der Waals surface area contributed by atoms with Gasteiger partial charge in [-0.2, -0.15) is 0 Å². The van der Waals surface area contributed by atoms with Crippen molar-refractivity contribution in [1.29, 1.82) is 0 Å². The standard InChI is InChI=1S/C14H26O2/c1-3-4-5-6-7-8-9-10-11-12-13-16-14(2)15/h5-6H,3-4,7-13H2,1-2H3/b6-5+. The molecule has 0 aliphatic rings. The Labute approximate surface area is 100 Å². The zero-order valence-corrected chi connectivity index (χ0v) is 10.8. The normalized spacial score (nSPS) is 10.9. The van der Waals surface area contributed by atoms with Gasteiger partial charge >= 0.3 is 5.97 Å². The molecule has 0 N–H and O–H groups in total. The van der Waals surface area contributed by atoms with E-state index < -0.39 is 0 Å². The molecule has 0 amide bonds. The van der Waals surface area contributed by atoms with Gasteiger partial charge < -0.3 is 4.74 Å². The first-order valence-corrected chi connectivity index (χ1v) is 6.55. The van der Waals surface area contributed by atoms with E-state index in [1.807, 2.05) is 0 Å². The molecule has 0 aliphatic carbocycles. The number of rotatable bonds is 10. The summed E-state index contributed by atoms with van der Waals surface area (Å²) in [6, 6.07) is 0. The lowest BCUT2D eigenvalue weighted by atomic mass is 10.1. The summed E-state index contributed by atoms with van der Waals surface area (Å²) in [6.45, 7) is 4.25. The monoisotopic (exact) mass is 226 g/mol. The van der Waals surface area contributed by atoms with E-state index in [2.05, 4.69) is 19.1 Å². The molecular formula is C14H26O2. The number of esters is 1. The largest absolute Gasteiger partial charge is 0.466 e. The number of ether oxygens (including phenoxy) is 1. The van der Waals surface area contributed by atoms with Crippen molar-refractivity contribution >= 4 is 5.97 Å². The Morgan fingerprint density at radius 2 is 1.62 bits per heavy atom. The molecule has 2 heteroatoms. The Hall–Kier alpha value is -0.790. The molecule has 0 radical (unpaired) electrons. The predicted molar refractivity (Wildman–Crippen MR) is 68.4 cm³/mol. The summed E-state index contributed by atoms with van der Waals surface area (Å²) in [4.78, 5) is 10.5. The molecule has 2 nitrogen and oxygen atoms in total. The summed E-state index contributed by atoms with van der Waals surface area (Å²) in [7, 11) is 0. The van der Waals surface area contributed by atoms with Gasteiger partial charge in [0.15, 0.2) is 0 Å². The van der Waals surface area contributed by atoms with Crippen molar-refractivity contribution in [3.05, 3.63) is 12.2 Å². The maximum atomic E-state index is 10.5. The third kappa shape index (κ3) is 13.2. The zero-order valence-electron chi connectivity index (χ0n) is 10.8. The SMILES string of the molecule is CCC/C=C/CCCCCCCOC(C)=O. The summed E-state index contributed by atoms with van der Waals surface area (Å²) in [6.07, 6.45) is 14.2. The van der Waals surface area contributed by atoms with Crippen LogP contribution in [0.15, 0.2) is 12.2 Å². The summed E-state index contributed by atoms with van der Waals surface area (Å²) in [5.41, 5.74) is 0. The molecule has 94 valence electrons. The van der Waals surface area contributed by atoms with Crippen LogP contribution >= 0.6 is 0 Å². The van der Waals surface area contributed by atoms with Crippen LogP contribution in [0, 0.1) is 0 Å². The third-order valence-corrected chi connectivity index (χ3v) is 2.44. The number of unbranched alkanes of at least 4 members (excludes halogenated alkanes) is 6. The fraction of sp³-hybridized carbons (Fsp3) is 0.786. The topological polar surface area (TPSA) is 26.3 Å². The van der Waals surface area contributed by atoms with E-state index in [1.54, 1.807) is 0 Å². The van der Waals surface area contributed by atoms with Gasteiger partial charge in [-0.3, -0.25) is 4.79 Å². The molecule has 0 aliphatic heterocycles. The van der Waals surface area contributed by atoms with Crippen LogP contribution in [-0.2, 0) is 9.53 Å². The van der Waals surface area contributed by atoms with Crippen molar-refractivity contribution in [3.63, 3.8) is 0 Å². The van der Waals surface area contributed by atoms with Gasteiger partial charge in [0.05, 0.1) is 6.61 Å². The molecule has 0 rings (SSSR count). The Bertz CT molecular complexity index is 185. The lowest BCUT2D eigenvalue weighted by Gasteiger charge is -2.01. The molecular weight excluding hydrogens is 200 g/mol. The highest BCUT2D eigenvalue weighted by Crippen LogP contribution is 2.06. The molecule has 0 aromatic carbocycles. The van der Waals surface area contributed by atoms with Gasteiger partial charge in [0.2, 0.25) is 0 Å². The number of hydrogen-bond donors (Lipinski definition) is 0. The van der Waals surface area contributed by atoms with Gasteiger partial charge in [-0.1, -0.05) is 44.8 Å². The first-order chi connectivity index (χ1) is 7.77. The van der Waals surface area contributed by atoms with Crippen molar-refractivity contribution in [2.24, 2.45) is 0 Å². The molecule has 0 aromatic heterocycles. The number of allylic oxidation sites excluding steroid dienone is 2. The first kappa shape index (κ1) is 15.2. The van der Waals surface area contributed by atoms with Gasteiger partial charge in [0.1, 0.15) is 0 Å². The average molecular weight is 226 g/mol. The highest BCUT2D eigenvalue weighted by Gasteiger charge is 1.93. The minimum absolute atomic E-state index is 0.166. The molecule has 0 atom stereocenters. The van der Waals surface area contributed by atoms with E-state index >= 15 is 0 Å². The Morgan fingerprint density at radius 3 is 2.31 bits per heavy atom. The van der Waals surface area contributed by atoms with Crippen LogP contribution in [-0.4, -0.2) is 12.6 Å². The van der Waals surface area contributed by atoms with E-state index in [9.17, 15) is 4.79 Å². The van der Waals surface area contributed by atoms with Crippen molar-refractivity contribution < 1.29 is 9.53 Å². The highest BCUT2D eigenvalue weighted by atomic mass is 16.5.